The summed E-state index contributed by atoms with van der Waals surface area (Å²) >= 11 is 0. The first-order valence-corrected chi connectivity index (χ1v) is 7.90. The van der Waals surface area contributed by atoms with Gasteiger partial charge < -0.3 is 5.41 Å². The smallest absolute Gasteiger partial charge is 0.129 e. The Bertz CT molecular complexity index is 772. The van der Waals surface area contributed by atoms with E-state index in [4.69, 9.17) is 5.41 Å². The Labute approximate surface area is 138 Å². The molecule has 0 aliphatic carbocycles. The molecule has 0 aromatic heterocycles. The Hall–Kier alpha value is -2.22. The van der Waals surface area contributed by atoms with Crippen LogP contribution < -0.4 is 0 Å². The molecule has 0 aliphatic rings. The van der Waals surface area contributed by atoms with Gasteiger partial charge in [-0.25, -0.2) is 4.39 Å². The van der Waals surface area contributed by atoms with Crippen molar-refractivity contribution >= 4 is 5.71 Å². The van der Waals surface area contributed by atoms with Gasteiger partial charge in [0.2, 0.25) is 0 Å². The van der Waals surface area contributed by atoms with Gasteiger partial charge in [0, 0.05) is 5.71 Å². The lowest BCUT2D eigenvalue weighted by molar-refractivity contribution is 0.610. The van der Waals surface area contributed by atoms with Gasteiger partial charge in [-0.15, -0.1) is 6.58 Å². The Morgan fingerprint density at radius 1 is 1.00 bits per heavy atom. The second kappa shape index (κ2) is 6.91. The molecule has 0 amide bonds. The van der Waals surface area contributed by atoms with Crippen LogP contribution in [0.5, 0.6) is 0 Å². The fraction of sp³-hybridized carbons (Fsp3) is 0.286. The molecule has 2 aromatic carbocycles. The van der Waals surface area contributed by atoms with Crippen LogP contribution in [0.1, 0.15) is 42.0 Å². The molecular formula is C21H24FN. The molecule has 2 aromatic rings. The van der Waals surface area contributed by atoms with Gasteiger partial charge in [0.05, 0.1) is 0 Å². The molecule has 1 nitrogen and oxygen atoms in total. The predicted octanol–water partition coefficient (Wildman–Crippen LogP) is 6.14. The fourth-order valence-corrected chi connectivity index (χ4v) is 2.75. The SMILES string of the molecule is C=C(C)CCC(=N)c1ccc(-c2ccc(C)c(F)c2C)c(C)c1. The molecular weight excluding hydrogens is 285 g/mol. The largest absolute Gasteiger partial charge is 0.305 e. The number of nitrogens with one attached hydrogen (secondary N) is 1. The maximum absolute atomic E-state index is 14.1. The Kier molecular flexibility index (Phi) is 5.15. The highest BCUT2D eigenvalue weighted by atomic mass is 19.1. The van der Waals surface area contributed by atoms with Crippen molar-refractivity contribution in [1.29, 1.82) is 5.41 Å². The summed E-state index contributed by atoms with van der Waals surface area (Å²) in [5.74, 6) is -0.139. The van der Waals surface area contributed by atoms with Crippen molar-refractivity contribution < 1.29 is 4.39 Å². The lowest BCUT2D eigenvalue weighted by Crippen LogP contribution is -2.01. The molecule has 0 unspecified atom stereocenters. The zero-order valence-electron chi connectivity index (χ0n) is 14.4. The van der Waals surface area contributed by atoms with Crippen molar-refractivity contribution in [2.75, 3.05) is 0 Å². The number of hydrogen-bond donors (Lipinski definition) is 1. The van der Waals surface area contributed by atoms with Crippen LogP contribution in [0, 0.1) is 32.0 Å². The maximum atomic E-state index is 14.1. The number of halogens is 1. The van der Waals surface area contributed by atoms with E-state index >= 15 is 0 Å². The highest BCUT2D eigenvalue weighted by molar-refractivity contribution is 5.99. The molecule has 0 radical (unpaired) electrons. The fourth-order valence-electron chi connectivity index (χ4n) is 2.75. The first-order chi connectivity index (χ1) is 10.8. The first kappa shape index (κ1) is 17.1. The number of rotatable bonds is 5. The third-order valence-corrected chi connectivity index (χ3v) is 4.25. The number of benzene rings is 2. The molecule has 0 saturated carbocycles. The van der Waals surface area contributed by atoms with Gasteiger partial charge in [0.25, 0.3) is 0 Å². The molecule has 0 fully saturated rings. The van der Waals surface area contributed by atoms with E-state index < -0.39 is 0 Å². The summed E-state index contributed by atoms with van der Waals surface area (Å²) in [6.07, 6.45) is 1.54. The second-order valence-electron chi connectivity index (χ2n) is 6.33. The predicted molar refractivity (Wildman–Crippen MR) is 96.9 cm³/mol. The van der Waals surface area contributed by atoms with Crippen LogP contribution in [0.2, 0.25) is 0 Å². The van der Waals surface area contributed by atoms with Gasteiger partial charge in [0.15, 0.2) is 0 Å². The highest BCUT2D eigenvalue weighted by Gasteiger charge is 2.12. The van der Waals surface area contributed by atoms with Crippen molar-refractivity contribution in [2.45, 2.75) is 40.5 Å². The zero-order valence-corrected chi connectivity index (χ0v) is 14.4. The van der Waals surface area contributed by atoms with E-state index in [2.05, 4.69) is 6.58 Å². The van der Waals surface area contributed by atoms with Crippen LogP contribution in [-0.2, 0) is 0 Å². The zero-order chi connectivity index (χ0) is 17.1. The summed E-state index contributed by atoms with van der Waals surface area (Å²) in [4.78, 5) is 0. The molecule has 1 N–H and O–H groups in total. The standard InChI is InChI=1S/C21H24FN/c1-13(2)6-11-20(23)17-8-10-18(15(4)12-17)19-9-7-14(3)21(22)16(19)5/h7-10,12,23H,1,6,11H2,2-5H3. The van der Waals surface area contributed by atoms with Crippen molar-refractivity contribution in [2.24, 2.45) is 0 Å². The first-order valence-electron chi connectivity index (χ1n) is 7.90. The van der Waals surface area contributed by atoms with E-state index in [1.807, 2.05) is 51.1 Å². The van der Waals surface area contributed by atoms with Crippen LogP contribution >= 0.6 is 0 Å². The van der Waals surface area contributed by atoms with Crippen LogP contribution in [0.25, 0.3) is 11.1 Å². The van der Waals surface area contributed by atoms with Gasteiger partial charge in [-0.3, -0.25) is 0 Å². The highest BCUT2D eigenvalue weighted by Crippen LogP contribution is 2.30. The van der Waals surface area contributed by atoms with Gasteiger partial charge in [-0.2, -0.15) is 0 Å². The minimum Gasteiger partial charge on any atom is -0.305 e. The van der Waals surface area contributed by atoms with E-state index in [-0.39, 0.29) is 5.82 Å². The Morgan fingerprint density at radius 2 is 1.65 bits per heavy atom. The van der Waals surface area contributed by atoms with Crippen LogP contribution in [-0.4, -0.2) is 5.71 Å². The third kappa shape index (κ3) is 3.76. The summed E-state index contributed by atoms with van der Waals surface area (Å²) in [7, 11) is 0. The maximum Gasteiger partial charge on any atom is 0.129 e. The van der Waals surface area contributed by atoms with Crippen molar-refractivity contribution in [3.05, 3.63) is 70.6 Å². The molecule has 23 heavy (non-hydrogen) atoms. The molecule has 0 bridgehead atoms. The molecule has 120 valence electrons. The molecule has 0 spiro atoms. The monoisotopic (exact) mass is 309 g/mol. The average molecular weight is 309 g/mol. The van der Waals surface area contributed by atoms with Gasteiger partial charge in [-0.05, 0) is 80.0 Å². The molecule has 0 heterocycles. The summed E-state index contributed by atoms with van der Waals surface area (Å²) in [5.41, 5.74) is 7.00. The summed E-state index contributed by atoms with van der Waals surface area (Å²) in [6, 6.07) is 9.77. The van der Waals surface area contributed by atoms with Crippen LogP contribution in [0.4, 0.5) is 4.39 Å². The number of hydrogen-bond acceptors (Lipinski definition) is 1. The van der Waals surface area contributed by atoms with Crippen molar-refractivity contribution in [1.82, 2.24) is 0 Å². The topological polar surface area (TPSA) is 23.9 Å². The Balaban J connectivity index is 2.35. The van der Waals surface area contributed by atoms with E-state index in [1.54, 1.807) is 6.92 Å². The molecule has 0 aliphatic heterocycles. The second-order valence-corrected chi connectivity index (χ2v) is 6.33. The van der Waals surface area contributed by atoms with Gasteiger partial charge in [-0.1, -0.05) is 29.8 Å². The minimum atomic E-state index is -0.139. The Morgan fingerprint density at radius 3 is 2.26 bits per heavy atom. The lowest BCUT2D eigenvalue weighted by Gasteiger charge is -2.13. The van der Waals surface area contributed by atoms with E-state index in [0.717, 1.165) is 34.2 Å². The van der Waals surface area contributed by atoms with Crippen LogP contribution in [0.3, 0.4) is 0 Å². The van der Waals surface area contributed by atoms with Gasteiger partial charge >= 0.3 is 0 Å². The summed E-state index contributed by atoms with van der Waals surface area (Å²) in [5, 5.41) is 8.20. The minimum absolute atomic E-state index is 0.139. The normalized spacial score (nSPS) is 10.7. The summed E-state index contributed by atoms with van der Waals surface area (Å²) < 4.78 is 14.1. The number of aryl methyl sites for hydroxylation is 2. The van der Waals surface area contributed by atoms with E-state index in [0.29, 0.717) is 23.3 Å². The lowest BCUT2D eigenvalue weighted by atomic mass is 9.92. The summed E-state index contributed by atoms with van der Waals surface area (Å²) in [6.45, 7) is 11.5. The third-order valence-electron chi connectivity index (χ3n) is 4.25. The van der Waals surface area contributed by atoms with E-state index in [1.165, 1.54) is 0 Å². The molecule has 2 heteroatoms. The van der Waals surface area contributed by atoms with Crippen LogP contribution in [0.15, 0.2) is 42.5 Å². The van der Waals surface area contributed by atoms with Crippen molar-refractivity contribution in [3.63, 3.8) is 0 Å². The van der Waals surface area contributed by atoms with Crippen molar-refractivity contribution in [3.8, 4) is 11.1 Å². The molecule has 0 atom stereocenters. The number of allylic oxidation sites excluding steroid dienone is 1. The average Bonchev–Trinajstić information content (AvgIpc) is 2.51. The van der Waals surface area contributed by atoms with E-state index in [9.17, 15) is 4.39 Å². The quantitative estimate of drug-likeness (QED) is 0.506. The van der Waals surface area contributed by atoms with Gasteiger partial charge in [0.1, 0.15) is 5.82 Å². The molecule has 2 rings (SSSR count). The molecule has 0 saturated heterocycles.